The molecular weight excluding hydrogens is 264 g/mol. The highest BCUT2D eigenvalue weighted by Crippen LogP contribution is 2.24. The van der Waals surface area contributed by atoms with Crippen molar-refractivity contribution in [1.82, 2.24) is 10.1 Å². The largest absolute Gasteiger partial charge is 0.379 e. The second-order valence-electron chi connectivity index (χ2n) is 4.06. The maximum absolute atomic E-state index is 10.9. The van der Waals surface area contributed by atoms with Gasteiger partial charge in [0.2, 0.25) is 5.89 Å². The van der Waals surface area contributed by atoms with Crippen molar-refractivity contribution in [3.63, 3.8) is 0 Å². The smallest absolute Gasteiger partial charge is 0.293 e. The predicted molar refractivity (Wildman–Crippen MR) is 69.7 cm³/mol. The lowest BCUT2D eigenvalue weighted by atomic mass is 10.2. The number of nitrogens with zero attached hydrogens (tertiary/aromatic N) is 3. The van der Waals surface area contributed by atoms with E-state index in [-0.39, 0.29) is 11.3 Å². The van der Waals surface area contributed by atoms with Crippen LogP contribution >= 0.6 is 0 Å². The van der Waals surface area contributed by atoms with Crippen LogP contribution in [0.3, 0.4) is 0 Å². The van der Waals surface area contributed by atoms with Crippen molar-refractivity contribution in [2.45, 2.75) is 13.3 Å². The van der Waals surface area contributed by atoms with Crippen LogP contribution < -0.4 is 5.32 Å². The zero-order valence-electron chi connectivity index (χ0n) is 10.7. The van der Waals surface area contributed by atoms with Crippen molar-refractivity contribution >= 4 is 17.7 Å². The first-order valence-electron chi connectivity index (χ1n) is 5.87. The van der Waals surface area contributed by atoms with Crippen LogP contribution in [0.5, 0.6) is 0 Å². The number of nitrogens with one attached hydrogen (secondary N) is 1. The molecule has 20 heavy (non-hydrogen) atoms. The number of benzene rings is 1. The van der Waals surface area contributed by atoms with E-state index in [2.05, 4.69) is 15.5 Å². The standard InChI is InChI=1S/C12H12N4O4/c1-8-14-12(15-20-8)4-5-13-10-3-2-9(7-17)6-11(10)16(18)19/h2-3,6-7,13H,4-5H2,1H3. The van der Waals surface area contributed by atoms with Gasteiger partial charge in [-0.05, 0) is 12.1 Å². The quantitative estimate of drug-likeness (QED) is 0.486. The van der Waals surface area contributed by atoms with Gasteiger partial charge in [0, 0.05) is 31.5 Å². The monoisotopic (exact) mass is 276 g/mol. The van der Waals surface area contributed by atoms with E-state index >= 15 is 0 Å². The molecule has 0 saturated heterocycles. The third-order valence-corrected chi connectivity index (χ3v) is 2.59. The summed E-state index contributed by atoms with van der Waals surface area (Å²) >= 11 is 0. The number of aromatic nitrogens is 2. The number of aryl methyl sites for hydroxylation is 1. The summed E-state index contributed by atoms with van der Waals surface area (Å²) in [6, 6.07) is 4.25. The Morgan fingerprint density at radius 3 is 2.90 bits per heavy atom. The minimum Gasteiger partial charge on any atom is -0.379 e. The summed E-state index contributed by atoms with van der Waals surface area (Å²) in [5.41, 5.74) is 0.468. The van der Waals surface area contributed by atoms with Gasteiger partial charge in [0.25, 0.3) is 5.69 Å². The molecule has 8 heteroatoms. The van der Waals surface area contributed by atoms with Gasteiger partial charge in [-0.3, -0.25) is 14.9 Å². The Morgan fingerprint density at radius 1 is 1.50 bits per heavy atom. The molecule has 0 unspecified atom stereocenters. The second kappa shape index (κ2) is 5.91. The molecule has 0 bridgehead atoms. The molecule has 1 N–H and O–H groups in total. The number of nitro benzene ring substituents is 1. The zero-order valence-corrected chi connectivity index (χ0v) is 10.7. The fraction of sp³-hybridized carbons (Fsp3) is 0.250. The molecule has 0 aliphatic heterocycles. The molecule has 1 heterocycles. The molecule has 1 aromatic heterocycles. The van der Waals surface area contributed by atoms with E-state index in [9.17, 15) is 14.9 Å². The van der Waals surface area contributed by atoms with Crippen LogP contribution in [0.4, 0.5) is 11.4 Å². The first kappa shape index (κ1) is 13.7. The van der Waals surface area contributed by atoms with Crippen LogP contribution in [0.15, 0.2) is 22.7 Å². The van der Waals surface area contributed by atoms with Crippen LogP contribution in [-0.2, 0) is 6.42 Å². The molecule has 2 aromatic rings. The fourth-order valence-corrected chi connectivity index (χ4v) is 1.67. The zero-order chi connectivity index (χ0) is 14.5. The summed E-state index contributed by atoms with van der Waals surface area (Å²) in [6.07, 6.45) is 1.04. The lowest BCUT2D eigenvalue weighted by Crippen LogP contribution is -2.08. The minimum atomic E-state index is -0.534. The Morgan fingerprint density at radius 2 is 2.30 bits per heavy atom. The highest BCUT2D eigenvalue weighted by molar-refractivity contribution is 5.79. The highest BCUT2D eigenvalue weighted by Gasteiger charge is 2.14. The maximum Gasteiger partial charge on any atom is 0.293 e. The van der Waals surface area contributed by atoms with Crippen molar-refractivity contribution in [3.05, 3.63) is 45.6 Å². The van der Waals surface area contributed by atoms with Crippen molar-refractivity contribution in [1.29, 1.82) is 0 Å². The van der Waals surface area contributed by atoms with Crippen LogP contribution in [0.1, 0.15) is 22.1 Å². The average molecular weight is 276 g/mol. The average Bonchev–Trinajstić information content (AvgIpc) is 2.84. The number of carbonyl (C=O) groups is 1. The van der Waals surface area contributed by atoms with Gasteiger partial charge in [-0.25, -0.2) is 0 Å². The van der Waals surface area contributed by atoms with Gasteiger partial charge < -0.3 is 9.84 Å². The molecule has 0 atom stereocenters. The second-order valence-corrected chi connectivity index (χ2v) is 4.06. The molecular formula is C12H12N4O4. The van der Waals surface area contributed by atoms with Crippen molar-refractivity contribution in [2.24, 2.45) is 0 Å². The van der Waals surface area contributed by atoms with Crippen LogP contribution in [0.25, 0.3) is 0 Å². The fourth-order valence-electron chi connectivity index (χ4n) is 1.67. The molecule has 8 nitrogen and oxygen atoms in total. The highest BCUT2D eigenvalue weighted by atomic mass is 16.6. The van der Waals surface area contributed by atoms with E-state index in [0.29, 0.717) is 36.7 Å². The van der Waals surface area contributed by atoms with E-state index < -0.39 is 4.92 Å². The van der Waals surface area contributed by atoms with Crippen molar-refractivity contribution < 1.29 is 14.2 Å². The molecule has 0 aliphatic rings. The van der Waals surface area contributed by atoms with E-state index in [0.717, 1.165) is 0 Å². The Bertz CT molecular complexity index is 638. The number of aldehydes is 1. The predicted octanol–water partition coefficient (Wildman–Crippen LogP) is 1.75. The maximum atomic E-state index is 10.9. The van der Waals surface area contributed by atoms with E-state index in [1.54, 1.807) is 6.92 Å². The van der Waals surface area contributed by atoms with Gasteiger partial charge in [0.05, 0.1) is 4.92 Å². The van der Waals surface area contributed by atoms with Crippen LogP contribution in [0, 0.1) is 17.0 Å². The Kier molecular flexibility index (Phi) is 4.04. The molecule has 0 amide bonds. The van der Waals surface area contributed by atoms with Crippen LogP contribution in [0.2, 0.25) is 0 Å². The molecule has 104 valence electrons. The first-order valence-corrected chi connectivity index (χ1v) is 5.87. The van der Waals surface area contributed by atoms with E-state index in [1.807, 2.05) is 0 Å². The summed E-state index contributed by atoms with van der Waals surface area (Å²) in [7, 11) is 0. The summed E-state index contributed by atoms with van der Waals surface area (Å²) < 4.78 is 4.82. The topological polar surface area (TPSA) is 111 Å². The normalized spacial score (nSPS) is 10.2. The summed E-state index contributed by atoms with van der Waals surface area (Å²) in [5, 5.41) is 17.6. The first-order chi connectivity index (χ1) is 9.60. The number of hydrogen-bond acceptors (Lipinski definition) is 7. The number of hydrogen-bond donors (Lipinski definition) is 1. The molecule has 0 aliphatic carbocycles. The molecule has 0 saturated carbocycles. The molecule has 2 rings (SSSR count). The molecule has 0 spiro atoms. The lowest BCUT2D eigenvalue weighted by Gasteiger charge is -2.06. The van der Waals surface area contributed by atoms with Gasteiger partial charge in [-0.2, -0.15) is 4.98 Å². The number of rotatable bonds is 6. The van der Waals surface area contributed by atoms with Crippen molar-refractivity contribution in [2.75, 3.05) is 11.9 Å². The summed E-state index contributed by atoms with van der Waals surface area (Å²) in [4.78, 5) is 25.1. The van der Waals surface area contributed by atoms with Gasteiger partial charge in [0.15, 0.2) is 5.82 Å². The third kappa shape index (κ3) is 3.16. The summed E-state index contributed by atoms with van der Waals surface area (Å²) in [5.74, 6) is 1.00. The van der Waals surface area contributed by atoms with Gasteiger partial charge >= 0.3 is 0 Å². The van der Waals surface area contributed by atoms with Crippen LogP contribution in [-0.4, -0.2) is 27.9 Å². The number of carbonyl (C=O) groups excluding carboxylic acids is 1. The third-order valence-electron chi connectivity index (χ3n) is 2.59. The Balaban J connectivity index is 2.05. The Hall–Kier alpha value is -2.77. The van der Waals surface area contributed by atoms with Gasteiger partial charge in [0.1, 0.15) is 12.0 Å². The van der Waals surface area contributed by atoms with Crippen molar-refractivity contribution in [3.8, 4) is 0 Å². The van der Waals surface area contributed by atoms with E-state index in [1.165, 1.54) is 18.2 Å². The number of anilines is 1. The van der Waals surface area contributed by atoms with E-state index in [4.69, 9.17) is 4.52 Å². The molecule has 0 radical (unpaired) electrons. The Labute approximate surface area is 113 Å². The number of nitro groups is 1. The minimum absolute atomic E-state index is 0.140. The SMILES string of the molecule is Cc1nc(CCNc2ccc(C=O)cc2[N+](=O)[O-])no1. The lowest BCUT2D eigenvalue weighted by molar-refractivity contribution is -0.384. The van der Waals surface area contributed by atoms with Gasteiger partial charge in [-0.1, -0.05) is 5.16 Å². The summed E-state index contributed by atoms with van der Waals surface area (Å²) in [6.45, 7) is 2.10. The van der Waals surface area contributed by atoms with Gasteiger partial charge in [-0.15, -0.1) is 0 Å². The molecule has 1 aromatic carbocycles. The molecule has 0 fully saturated rings.